The summed E-state index contributed by atoms with van der Waals surface area (Å²) in [5.74, 6) is 1.60. The zero-order valence-electron chi connectivity index (χ0n) is 19.6. The van der Waals surface area contributed by atoms with Crippen molar-refractivity contribution in [1.29, 1.82) is 0 Å². The van der Waals surface area contributed by atoms with E-state index >= 15 is 0 Å². The van der Waals surface area contributed by atoms with Crippen molar-refractivity contribution >= 4 is 17.2 Å². The van der Waals surface area contributed by atoms with Gasteiger partial charge in [0.25, 0.3) is 6.47 Å². The summed E-state index contributed by atoms with van der Waals surface area (Å²) in [4.78, 5) is 10.4. The number of aliphatic hydroxyl groups excluding tert-OH is 1. The Kier molecular flexibility index (Phi) is 10.8. The Hall–Kier alpha value is -2.13. The molecule has 0 saturated heterocycles. The number of hydrogen-bond donors (Lipinski definition) is 1. The predicted octanol–water partition coefficient (Wildman–Crippen LogP) is 6.82. The third-order valence-electron chi connectivity index (χ3n) is 6.13. The zero-order valence-corrected chi connectivity index (χ0v) is 19.6. The Labute approximate surface area is 188 Å². The molecule has 170 valence electrons. The lowest BCUT2D eigenvalue weighted by Crippen LogP contribution is -2.16. The third-order valence-corrected chi connectivity index (χ3v) is 6.13. The van der Waals surface area contributed by atoms with Gasteiger partial charge >= 0.3 is 0 Å². The van der Waals surface area contributed by atoms with Gasteiger partial charge in [0.2, 0.25) is 0 Å². The lowest BCUT2D eigenvalue weighted by molar-refractivity contribution is -0.130. The van der Waals surface area contributed by atoms with E-state index in [0.717, 1.165) is 5.92 Å². The van der Waals surface area contributed by atoms with Gasteiger partial charge < -0.3 is 9.84 Å². The highest BCUT2D eigenvalue weighted by Gasteiger charge is 2.22. The molecule has 3 rings (SSSR count). The van der Waals surface area contributed by atoms with E-state index in [9.17, 15) is 9.90 Å². The van der Waals surface area contributed by atoms with Gasteiger partial charge in [0.1, 0.15) is 0 Å². The average molecular weight is 425 g/mol. The van der Waals surface area contributed by atoms with Gasteiger partial charge in [-0.15, -0.1) is 6.58 Å². The highest BCUT2D eigenvalue weighted by atomic mass is 16.5. The van der Waals surface area contributed by atoms with Crippen molar-refractivity contribution in [3.05, 3.63) is 59.7 Å². The van der Waals surface area contributed by atoms with Crippen molar-refractivity contribution in [1.82, 2.24) is 0 Å². The molecule has 1 aliphatic carbocycles. The maximum atomic E-state index is 10.4. The van der Waals surface area contributed by atoms with Crippen LogP contribution in [0.5, 0.6) is 0 Å². The number of aliphatic hydroxyl groups is 1. The van der Waals surface area contributed by atoms with E-state index in [0.29, 0.717) is 18.8 Å². The van der Waals surface area contributed by atoms with Crippen LogP contribution < -0.4 is 0 Å². The van der Waals surface area contributed by atoms with E-state index in [-0.39, 0.29) is 19.1 Å². The topological polar surface area (TPSA) is 46.5 Å². The lowest BCUT2D eigenvalue weighted by Gasteiger charge is -2.28. The fourth-order valence-corrected chi connectivity index (χ4v) is 4.57. The maximum absolute atomic E-state index is 10.4. The minimum atomic E-state index is -0.0507. The molecule has 1 atom stereocenters. The van der Waals surface area contributed by atoms with Gasteiger partial charge in [-0.3, -0.25) is 4.79 Å². The minimum absolute atomic E-state index is 0.0194. The number of rotatable bonds is 9. The number of benzene rings is 2. The molecule has 0 aliphatic heterocycles. The minimum Gasteiger partial charge on any atom is -0.468 e. The quantitative estimate of drug-likeness (QED) is 0.355. The Morgan fingerprint density at radius 2 is 1.77 bits per heavy atom. The number of carbonyl (C=O) groups excluding carboxylic acids is 1. The molecule has 0 amide bonds. The molecule has 1 unspecified atom stereocenters. The standard InChI is InChI=1S/C24H32O3.C4H8/c1-2-3-18-4-7-21(8-5-18)23-11-10-22-13-19(6-9-24(22)14-23)12-20(15-25)16-27-17-26;1-4(2)3/h6,9-11,13-14,17-18,20-21,25H,2-5,7-8,12,15-16H2,1H3;1H2,2-3H3. The first-order valence-corrected chi connectivity index (χ1v) is 11.8. The second-order valence-corrected chi connectivity index (χ2v) is 9.34. The molecule has 0 spiro atoms. The van der Waals surface area contributed by atoms with Crippen LogP contribution in [-0.2, 0) is 16.0 Å². The van der Waals surface area contributed by atoms with Crippen LogP contribution in [0.25, 0.3) is 10.8 Å². The Morgan fingerprint density at radius 1 is 1.13 bits per heavy atom. The van der Waals surface area contributed by atoms with E-state index in [1.807, 2.05) is 13.8 Å². The summed E-state index contributed by atoms with van der Waals surface area (Å²) in [5.41, 5.74) is 3.82. The van der Waals surface area contributed by atoms with Crippen LogP contribution in [0.4, 0.5) is 0 Å². The Bertz CT molecular complexity index is 814. The second-order valence-electron chi connectivity index (χ2n) is 9.34. The fraction of sp³-hybridized carbons (Fsp3) is 0.536. The van der Waals surface area contributed by atoms with Crippen LogP contribution in [-0.4, -0.2) is 24.8 Å². The fourth-order valence-electron chi connectivity index (χ4n) is 4.57. The van der Waals surface area contributed by atoms with Gasteiger partial charge in [0.15, 0.2) is 0 Å². The van der Waals surface area contributed by atoms with Crippen molar-refractivity contribution in [2.24, 2.45) is 11.8 Å². The first-order valence-electron chi connectivity index (χ1n) is 11.8. The van der Waals surface area contributed by atoms with Crippen molar-refractivity contribution in [2.75, 3.05) is 13.2 Å². The van der Waals surface area contributed by atoms with Gasteiger partial charge in [-0.2, -0.15) is 0 Å². The summed E-state index contributed by atoms with van der Waals surface area (Å²) < 4.78 is 4.81. The van der Waals surface area contributed by atoms with E-state index < -0.39 is 0 Å². The molecular weight excluding hydrogens is 384 g/mol. The Balaban J connectivity index is 0.000000785. The molecule has 1 fully saturated rings. The first kappa shape index (κ1) is 25.1. The first-order chi connectivity index (χ1) is 15.0. The van der Waals surface area contributed by atoms with Gasteiger partial charge in [0, 0.05) is 12.5 Å². The van der Waals surface area contributed by atoms with Crippen molar-refractivity contribution in [2.45, 2.75) is 71.6 Å². The molecule has 1 saturated carbocycles. The summed E-state index contributed by atoms with van der Waals surface area (Å²) in [6, 6.07) is 13.4. The van der Waals surface area contributed by atoms with Crippen LogP contribution in [0.1, 0.15) is 76.3 Å². The van der Waals surface area contributed by atoms with E-state index in [1.54, 1.807) is 0 Å². The van der Waals surface area contributed by atoms with Gasteiger partial charge in [-0.05, 0) is 79.7 Å². The Morgan fingerprint density at radius 3 is 2.39 bits per heavy atom. The number of ether oxygens (including phenoxy) is 1. The van der Waals surface area contributed by atoms with Crippen LogP contribution >= 0.6 is 0 Å². The molecule has 0 aromatic heterocycles. The van der Waals surface area contributed by atoms with Crippen molar-refractivity contribution in [3.8, 4) is 0 Å². The molecule has 3 heteroatoms. The molecule has 2 aromatic rings. The van der Waals surface area contributed by atoms with E-state index in [1.165, 1.54) is 66.0 Å². The SMILES string of the molecule is C=C(C)C.CCCC1CCC(c2ccc3cc(CC(CO)COC=O)ccc3c2)CC1. The summed E-state index contributed by atoms with van der Waals surface area (Å²) in [5, 5.41) is 12.0. The highest BCUT2D eigenvalue weighted by molar-refractivity contribution is 5.84. The smallest absolute Gasteiger partial charge is 0.293 e. The number of fused-ring (bicyclic) bond motifs is 1. The molecule has 1 N–H and O–H groups in total. The summed E-state index contributed by atoms with van der Waals surface area (Å²) in [6.07, 6.45) is 8.81. The molecule has 31 heavy (non-hydrogen) atoms. The van der Waals surface area contributed by atoms with Gasteiger partial charge in [-0.25, -0.2) is 0 Å². The molecule has 3 nitrogen and oxygen atoms in total. The molecule has 2 aromatic carbocycles. The molecule has 1 aliphatic rings. The lowest BCUT2D eigenvalue weighted by atomic mass is 9.77. The van der Waals surface area contributed by atoms with Gasteiger partial charge in [0.05, 0.1) is 6.61 Å². The number of hydrogen-bond acceptors (Lipinski definition) is 3. The molecule has 0 heterocycles. The molecule has 0 bridgehead atoms. The summed E-state index contributed by atoms with van der Waals surface area (Å²) >= 11 is 0. The second kappa shape index (κ2) is 13.3. The molecular formula is C28H40O3. The largest absolute Gasteiger partial charge is 0.468 e. The highest BCUT2D eigenvalue weighted by Crippen LogP contribution is 2.38. The zero-order chi connectivity index (χ0) is 22.6. The summed E-state index contributed by atoms with van der Waals surface area (Å²) in [7, 11) is 0. The van der Waals surface area contributed by atoms with E-state index in [2.05, 4.69) is 49.9 Å². The van der Waals surface area contributed by atoms with Crippen LogP contribution in [0.3, 0.4) is 0 Å². The number of carbonyl (C=O) groups is 1. The normalized spacial score (nSPS) is 19.2. The van der Waals surface area contributed by atoms with Gasteiger partial charge in [-0.1, -0.05) is 61.7 Å². The monoisotopic (exact) mass is 424 g/mol. The van der Waals surface area contributed by atoms with Crippen LogP contribution in [0.2, 0.25) is 0 Å². The average Bonchev–Trinajstić information content (AvgIpc) is 2.76. The third kappa shape index (κ3) is 8.49. The van der Waals surface area contributed by atoms with Crippen LogP contribution in [0.15, 0.2) is 48.6 Å². The van der Waals surface area contributed by atoms with Crippen molar-refractivity contribution < 1.29 is 14.6 Å². The predicted molar refractivity (Wildman–Crippen MR) is 130 cm³/mol. The number of allylic oxidation sites excluding steroid dienone is 1. The van der Waals surface area contributed by atoms with Crippen molar-refractivity contribution in [3.63, 3.8) is 0 Å². The maximum Gasteiger partial charge on any atom is 0.293 e. The van der Waals surface area contributed by atoms with E-state index in [4.69, 9.17) is 4.74 Å². The summed E-state index contributed by atoms with van der Waals surface area (Å²) in [6.45, 7) is 10.5. The molecule has 0 radical (unpaired) electrons. The van der Waals surface area contributed by atoms with Crippen LogP contribution in [0, 0.1) is 11.8 Å².